The molecule has 0 amide bonds. The molecule has 1 saturated heterocycles. The van der Waals surface area contributed by atoms with Gasteiger partial charge in [-0.1, -0.05) is 0 Å². The van der Waals surface area contributed by atoms with Crippen LogP contribution in [-0.2, 0) is 20.0 Å². The molecule has 3 heterocycles. The van der Waals surface area contributed by atoms with Crippen molar-refractivity contribution >= 4 is 16.5 Å². The number of rotatable bonds is 4. The van der Waals surface area contributed by atoms with E-state index in [0.29, 0.717) is 5.13 Å². The molecular formula is C14H21N5S. The van der Waals surface area contributed by atoms with Crippen LogP contribution in [0.4, 0.5) is 5.13 Å². The summed E-state index contributed by atoms with van der Waals surface area (Å²) in [7, 11) is 2.08. The van der Waals surface area contributed by atoms with E-state index < -0.39 is 0 Å². The zero-order valence-electron chi connectivity index (χ0n) is 11.8. The maximum atomic E-state index is 5.68. The van der Waals surface area contributed by atoms with E-state index >= 15 is 0 Å². The van der Waals surface area contributed by atoms with Gasteiger partial charge in [-0.2, -0.15) is 0 Å². The van der Waals surface area contributed by atoms with Crippen molar-refractivity contribution in [3.8, 4) is 0 Å². The van der Waals surface area contributed by atoms with Crippen molar-refractivity contribution < 1.29 is 0 Å². The maximum Gasteiger partial charge on any atom is 0.180 e. The van der Waals surface area contributed by atoms with Gasteiger partial charge in [-0.3, -0.25) is 4.90 Å². The van der Waals surface area contributed by atoms with Crippen molar-refractivity contribution in [2.24, 2.45) is 13.0 Å². The zero-order chi connectivity index (χ0) is 13.9. The Kier molecular flexibility index (Phi) is 4.03. The molecular weight excluding hydrogens is 270 g/mol. The predicted molar refractivity (Wildman–Crippen MR) is 81.4 cm³/mol. The van der Waals surface area contributed by atoms with Gasteiger partial charge < -0.3 is 10.3 Å². The van der Waals surface area contributed by atoms with Crippen LogP contribution in [0.3, 0.4) is 0 Å². The Morgan fingerprint density at radius 3 is 2.75 bits per heavy atom. The SMILES string of the molecule is Cn1ccnc1CC1CCN(Cc2cnc(N)s2)CC1. The van der Waals surface area contributed by atoms with Crippen molar-refractivity contribution in [1.29, 1.82) is 0 Å². The first-order valence-corrected chi connectivity index (χ1v) is 7.91. The molecule has 6 heteroatoms. The Bertz CT molecular complexity index is 553. The topological polar surface area (TPSA) is 60.0 Å². The van der Waals surface area contributed by atoms with Gasteiger partial charge in [0, 0.05) is 43.5 Å². The summed E-state index contributed by atoms with van der Waals surface area (Å²) in [5.41, 5.74) is 5.68. The third-order valence-corrected chi connectivity index (χ3v) is 4.86. The lowest BCUT2D eigenvalue weighted by Crippen LogP contribution is -2.33. The lowest BCUT2D eigenvalue weighted by Gasteiger charge is -2.31. The van der Waals surface area contributed by atoms with Gasteiger partial charge in [-0.15, -0.1) is 11.3 Å². The van der Waals surface area contributed by atoms with Crippen LogP contribution in [0.15, 0.2) is 18.6 Å². The first-order valence-electron chi connectivity index (χ1n) is 7.09. The minimum atomic E-state index is 0.671. The lowest BCUT2D eigenvalue weighted by atomic mass is 9.93. The summed E-state index contributed by atoms with van der Waals surface area (Å²) in [4.78, 5) is 12.3. The quantitative estimate of drug-likeness (QED) is 0.935. The number of hydrogen-bond acceptors (Lipinski definition) is 5. The summed E-state index contributed by atoms with van der Waals surface area (Å²) in [5.74, 6) is 1.97. The van der Waals surface area contributed by atoms with Crippen LogP contribution >= 0.6 is 11.3 Å². The summed E-state index contributed by atoms with van der Waals surface area (Å²) in [6.07, 6.45) is 9.42. The molecule has 1 aliphatic rings. The van der Waals surface area contributed by atoms with E-state index in [0.717, 1.165) is 32.0 Å². The minimum absolute atomic E-state index is 0.671. The second kappa shape index (κ2) is 5.93. The fourth-order valence-electron chi connectivity index (χ4n) is 2.82. The molecule has 0 atom stereocenters. The van der Waals surface area contributed by atoms with E-state index in [1.54, 1.807) is 11.3 Å². The van der Waals surface area contributed by atoms with Gasteiger partial charge in [0.1, 0.15) is 5.82 Å². The third-order valence-electron chi connectivity index (χ3n) is 4.05. The average molecular weight is 291 g/mol. The molecule has 0 bridgehead atoms. The Labute approximate surface area is 123 Å². The Hall–Kier alpha value is -1.40. The number of piperidine rings is 1. The van der Waals surface area contributed by atoms with Crippen LogP contribution in [0.5, 0.6) is 0 Å². The highest BCUT2D eigenvalue weighted by Gasteiger charge is 2.21. The minimum Gasteiger partial charge on any atom is -0.375 e. The fourth-order valence-corrected chi connectivity index (χ4v) is 3.54. The fraction of sp³-hybridized carbons (Fsp3) is 0.571. The van der Waals surface area contributed by atoms with Crippen LogP contribution in [0.25, 0.3) is 0 Å². The molecule has 0 saturated carbocycles. The number of hydrogen-bond donors (Lipinski definition) is 1. The molecule has 0 aliphatic carbocycles. The Morgan fingerprint density at radius 1 is 1.35 bits per heavy atom. The standard InChI is InChI=1S/C14H21N5S/c1-18-7-4-16-13(18)8-11-2-5-19(6-3-11)10-12-9-17-14(15)20-12/h4,7,9,11H,2-3,5-6,8,10H2,1H3,(H2,15,17). The average Bonchev–Trinajstić information content (AvgIpc) is 3.02. The van der Waals surface area contributed by atoms with Gasteiger partial charge in [0.2, 0.25) is 0 Å². The molecule has 0 radical (unpaired) electrons. The molecule has 108 valence electrons. The molecule has 1 aliphatic heterocycles. The third kappa shape index (κ3) is 3.19. The van der Waals surface area contributed by atoms with Gasteiger partial charge in [0.25, 0.3) is 0 Å². The van der Waals surface area contributed by atoms with Crippen molar-refractivity contribution in [3.05, 3.63) is 29.3 Å². The van der Waals surface area contributed by atoms with Crippen LogP contribution < -0.4 is 5.73 Å². The smallest absolute Gasteiger partial charge is 0.180 e. The number of anilines is 1. The molecule has 0 unspecified atom stereocenters. The van der Waals surface area contributed by atoms with E-state index in [1.165, 1.54) is 23.5 Å². The highest BCUT2D eigenvalue weighted by molar-refractivity contribution is 7.15. The number of aryl methyl sites for hydroxylation is 1. The Balaban J connectivity index is 1.48. The predicted octanol–water partition coefficient (Wildman–Crippen LogP) is 1.91. The number of aromatic nitrogens is 3. The highest BCUT2D eigenvalue weighted by Crippen LogP contribution is 2.24. The van der Waals surface area contributed by atoms with Crippen molar-refractivity contribution in [2.45, 2.75) is 25.8 Å². The molecule has 1 fully saturated rings. The molecule has 2 aromatic rings. The highest BCUT2D eigenvalue weighted by atomic mass is 32.1. The van der Waals surface area contributed by atoms with Gasteiger partial charge in [-0.05, 0) is 31.8 Å². The molecule has 5 nitrogen and oxygen atoms in total. The normalized spacial score (nSPS) is 17.6. The van der Waals surface area contributed by atoms with Crippen LogP contribution in [0, 0.1) is 5.92 Å². The molecule has 2 aromatic heterocycles. The zero-order valence-corrected chi connectivity index (χ0v) is 12.6. The van der Waals surface area contributed by atoms with E-state index in [9.17, 15) is 0 Å². The van der Waals surface area contributed by atoms with Crippen molar-refractivity contribution in [1.82, 2.24) is 19.4 Å². The maximum absolute atomic E-state index is 5.68. The molecule has 3 rings (SSSR count). The number of thiazole rings is 1. The van der Waals surface area contributed by atoms with Crippen LogP contribution in [0.1, 0.15) is 23.5 Å². The van der Waals surface area contributed by atoms with E-state index in [2.05, 4.69) is 26.5 Å². The summed E-state index contributed by atoms with van der Waals surface area (Å²) >= 11 is 1.60. The number of likely N-dealkylation sites (tertiary alicyclic amines) is 1. The second-order valence-corrected chi connectivity index (χ2v) is 6.69. The first-order chi connectivity index (χ1) is 9.70. The number of nitrogens with two attached hydrogens (primary N) is 1. The molecule has 2 N–H and O–H groups in total. The molecule has 0 spiro atoms. The van der Waals surface area contributed by atoms with Crippen LogP contribution in [0.2, 0.25) is 0 Å². The second-order valence-electron chi connectivity index (χ2n) is 5.54. The summed E-state index contributed by atoms with van der Waals surface area (Å²) in [5, 5.41) is 0.671. The van der Waals surface area contributed by atoms with Gasteiger partial charge >= 0.3 is 0 Å². The van der Waals surface area contributed by atoms with E-state index in [1.807, 2.05) is 18.6 Å². The monoisotopic (exact) mass is 291 g/mol. The molecule has 0 aromatic carbocycles. The van der Waals surface area contributed by atoms with Gasteiger partial charge in [-0.25, -0.2) is 9.97 Å². The van der Waals surface area contributed by atoms with E-state index in [4.69, 9.17) is 5.73 Å². The van der Waals surface area contributed by atoms with Crippen LogP contribution in [-0.4, -0.2) is 32.5 Å². The van der Waals surface area contributed by atoms with E-state index in [-0.39, 0.29) is 0 Å². The van der Waals surface area contributed by atoms with Crippen molar-refractivity contribution in [3.63, 3.8) is 0 Å². The molecule has 20 heavy (non-hydrogen) atoms. The summed E-state index contributed by atoms with van der Waals surface area (Å²) in [6.45, 7) is 3.31. The number of nitrogens with zero attached hydrogens (tertiary/aromatic N) is 4. The summed E-state index contributed by atoms with van der Waals surface area (Å²) in [6, 6.07) is 0. The lowest BCUT2D eigenvalue weighted by molar-refractivity contribution is 0.176. The summed E-state index contributed by atoms with van der Waals surface area (Å²) < 4.78 is 2.13. The van der Waals surface area contributed by atoms with Crippen molar-refractivity contribution in [2.75, 3.05) is 18.8 Å². The van der Waals surface area contributed by atoms with Gasteiger partial charge in [0.05, 0.1) is 0 Å². The van der Waals surface area contributed by atoms with Gasteiger partial charge in [0.15, 0.2) is 5.13 Å². The Morgan fingerprint density at radius 2 is 2.15 bits per heavy atom. The number of nitrogen functional groups attached to an aromatic ring is 1. The number of imidazole rings is 1. The largest absolute Gasteiger partial charge is 0.375 e. The first kappa shape index (κ1) is 13.6.